The molecule has 0 bridgehead atoms. The molecule has 8 nitrogen and oxygen atoms in total. The van der Waals surface area contributed by atoms with Gasteiger partial charge in [-0.1, -0.05) is 42.5 Å². The molecule has 0 fully saturated rings. The second-order valence-electron chi connectivity index (χ2n) is 7.08. The highest BCUT2D eigenvalue weighted by Crippen LogP contribution is 2.12. The van der Waals surface area contributed by atoms with Crippen molar-refractivity contribution in [3.63, 3.8) is 0 Å². The van der Waals surface area contributed by atoms with E-state index in [-0.39, 0.29) is 5.56 Å². The monoisotopic (exact) mass is 416 g/mol. The minimum absolute atomic E-state index is 0.102. The molecule has 0 saturated heterocycles. The van der Waals surface area contributed by atoms with E-state index in [2.05, 4.69) is 32.7 Å². The van der Waals surface area contributed by atoms with Gasteiger partial charge in [-0.2, -0.15) is 10.2 Å². The molecule has 0 saturated carbocycles. The highest BCUT2D eigenvalue weighted by Gasteiger charge is 2.10. The fourth-order valence-electron chi connectivity index (χ4n) is 3.30. The average Bonchev–Trinajstić information content (AvgIpc) is 3.23. The molecule has 4 rings (SSSR count). The van der Waals surface area contributed by atoms with Crippen LogP contribution in [-0.4, -0.2) is 39.3 Å². The van der Waals surface area contributed by atoms with Crippen LogP contribution in [0.3, 0.4) is 0 Å². The van der Waals surface area contributed by atoms with E-state index in [0.29, 0.717) is 43.0 Å². The Hall–Kier alpha value is -3.78. The van der Waals surface area contributed by atoms with Crippen molar-refractivity contribution in [2.45, 2.75) is 19.5 Å². The third-order valence-electron chi connectivity index (χ3n) is 4.81. The molecule has 8 heteroatoms. The number of methoxy groups -OCH3 is 1. The van der Waals surface area contributed by atoms with Crippen molar-refractivity contribution in [1.82, 2.24) is 19.3 Å². The van der Waals surface area contributed by atoms with Crippen molar-refractivity contribution in [2.24, 2.45) is 5.10 Å². The number of hydrogen-bond acceptors (Lipinski definition) is 6. The highest BCUT2D eigenvalue weighted by molar-refractivity contribution is 5.80. The topological polar surface area (TPSA) is 86.3 Å². The van der Waals surface area contributed by atoms with E-state index in [1.807, 2.05) is 47.3 Å². The zero-order valence-corrected chi connectivity index (χ0v) is 17.3. The molecule has 0 atom stereocenters. The quantitative estimate of drug-likeness (QED) is 0.257. The van der Waals surface area contributed by atoms with E-state index in [9.17, 15) is 4.79 Å². The molecule has 0 unspecified atom stereocenters. The molecule has 0 amide bonds. The van der Waals surface area contributed by atoms with Crippen molar-refractivity contribution in [1.29, 1.82) is 0 Å². The van der Waals surface area contributed by atoms with Crippen LogP contribution in [0.2, 0.25) is 0 Å². The van der Waals surface area contributed by atoms with Crippen LogP contribution in [0.1, 0.15) is 17.5 Å². The van der Waals surface area contributed by atoms with Gasteiger partial charge in [0.05, 0.1) is 29.9 Å². The lowest BCUT2D eigenvalue weighted by atomic mass is 10.2. The fraction of sp³-hybridized carbons (Fsp3) is 0.217. The number of para-hydroxylation sites is 1. The summed E-state index contributed by atoms with van der Waals surface area (Å²) in [4.78, 5) is 17.5. The van der Waals surface area contributed by atoms with Crippen molar-refractivity contribution in [2.75, 3.05) is 19.1 Å². The van der Waals surface area contributed by atoms with Gasteiger partial charge >= 0.3 is 0 Å². The zero-order valence-electron chi connectivity index (χ0n) is 17.3. The number of fused-ring (bicyclic) bond motifs is 1. The molecule has 2 aromatic carbocycles. The zero-order chi connectivity index (χ0) is 21.5. The molecular formula is C23H24N6O2. The number of benzene rings is 2. The van der Waals surface area contributed by atoms with Crippen LogP contribution in [0, 0.1) is 0 Å². The first kappa shape index (κ1) is 20.5. The predicted molar refractivity (Wildman–Crippen MR) is 121 cm³/mol. The first-order chi connectivity index (χ1) is 15.2. The van der Waals surface area contributed by atoms with Crippen LogP contribution in [0.5, 0.6) is 0 Å². The number of ether oxygens (including phenoxy) is 1. The third kappa shape index (κ3) is 5.04. The number of anilines is 1. The Balaban J connectivity index is 1.52. The first-order valence-electron chi connectivity index (χ1n) is 10.1. The number of aromatic nitrogens is 4. The summed E-state index contributed by atoms with van der Waals surface area (Å²) in [5.41, 5.74) is 5.47. The lowest BCUT2D eigenvalue weighted by molar-refractivity contribution is 0.190. The summed E-state index contributed by atoms with van der Waals surface area (Å²) in [7, 11) is 1.64. The number of hydrazone groups is 1. The molecule has 4 aromatic rings. The average molecular weight is 416 g/mol. The van der Waals surface area contributed by atoms with E-state index < -0.39 is 0 Å². The van der Waals surface area contributed by atoms with Crippen LogP contribution >= 0.6 is 0 Å². The predicted octanol–water partition coefficient (Wildman–Crippen LogP) is 3.12. The Bertz CT molecular complexity index is 1230. The summed E-state index contributed by atoms with van der Waals surface area (Å²) in [5, 5.41) is 9.24. The van der Waals surface area contributed by atoms with Gasteiger partial charge in [-0.25, -0.2) is 10.4 Å². The van der Waals surface area contributed by atoms with Gasteiger partial charge in [-0.3, -0.25) is 14.0 Å². The van der Waals surface area contributed by atoms with Gasteiger partial charge in [-0.05, 0) is 24.1 Å². The first-order valence-corrected chi connectivity index (χ1v) is 10.1. The van der Waals surface area contributed by atoms with Gasteiger partial charge in [-0.15, -0.1) is 0 Å². The lowest BCUT2D eigenvalue weighted by Crippen LogP contribution is -2.24. The Morgan fingerprint density at radius 3 is 2.77 bits per heavy atom. The number of rotatable bonds is 9. The number of nitrogens with zero attached hydrogens (tertiary/aromatic N) is 5. The standard InChI is InChI=1S/C23H24N6O2/c1-31-13-7-12-29-22(30)20-10-5-6-11-21(20)26-23(29)27-24-14-19-15-25-28(17-19)16-18-8-3-2-4-9-18/h2-6,8-11,14-15,17H,7,12-13,16H2,1H3,(H,26,27)/b24-14-. The highest BCUT2D eigenvalue weighted by atomic mass is 16.5. The van der Waals surface area contributed by atoms with Crippen LogP contribution in [0.4, 0.5) is 5.95 Å². The maximum absolute atomic E-state index is 12.9. The normalized spacial score (nSPS) is 11.4. The van der Waals surface area contributed by atoms with Gasteiger partial charge in [0.25, 0.3) is 5.56 Å². The summed E-state index contributed by atoms with van der Waals surface area (Å²) >= 11 is 0. The minimum Gasteiger partial charge on any atom is -0.385 e. The molecule has 0 aliphatic rings. The maximum atomic E-state index is 12.9. The Kier molecular flexibility index (Phi) is 6.49. The molecular weight excluding hydrogens is 392 g/mol. The van der Waals surface area contributed by atoms with Gasteiger partial charge in [0.1, 0.15) is 0 Å². The van der Waals surface area contributed by atoms with Crippen molar-refractivity contribution >= 4 is 23.1 Å². The van der Waals surface area contributed by atoms with Crippen LogP contribution in [0.15, 0.2) is 76.9 Å². The van der Waals surface area contributed by atoms with E-state index in [0.717, 1.165) is 5.56 Å². The fourth-order valence-corrected chi connectivity index (χ4v) is 3.30. The second kappa shape index (κ2) is 9.82. The third-order valence-corrected chi connectivity index (χ3v) is 4.81. The molecule has 0 aliphatic heterocycles. The smallest absolute Gasteiger partial charge is 0.262 e. The summed E-state index contributed by atoms with van der Waals surface area (Å²) in [5.74, 6) is 0.396. The molecule has 158 valence electrons. The second-order valence-corrected chi connectivity index (χ2v) is 7.08. The number of hydrogen-bond donors (Lipinski definition) is 1. The maximum Gasteiger partial charge on any atom is 0.262 e. The SMILES string of the molecule is COCCCn1c(N/N=C\c2cnn(Cc3ccccc3)c2)nc2ccccc2c1=O. The largest absolute Gasteiger partial charge is 0.385 e. The summed E-state index contributed by atoms with van der Waals surface area (Å²) in [6.45, 7) is 1.73. The van der Waals surface area contributed by atoms with Gasteiger partial charge in [0.15, 0.2) is 0 Å². The molecule has 0 aliphatic carbocycles. The summed E-state index contributed by atoms with van der Waals surface area (Å²) in [6, 6.07) is 17.4. The molecule has 31 heavy (non-hydrogen) atoms. The van der Waals surface area contributed by atoms with E-state index >= 15 is 0 Å². The molecule has 0 radical (unpaired) electrons. The van der Waals surface area contributed by atoms with E-state index in [1.54, 1.807) is 30.2 Å². The van der Waals surface area contributed by atoms with Gasteiger partial charge in [0, 0.05) is 32.0 Å². The molecule has 0 spiro atoms. The minimum atomic E-state index is -0.102. The molecule has 1 N–H and O–H groups in total. The van der Waals surface area contributed by atoms with Crippen molar-refractivity contribution in [3.05, 3.63) is 88.5 Å². The van der Waals surface area contributed by atoms with E-state index in [4.69, 9.17) is 4.74 Å². The van der Waals surface area contributed by atoms with Crippen LogP contribution in [0.25, 0.3) is 10.9 Å². The van der Waals surface area contributed by atoms with Crippen molar-refractivity contribution in [3.8, 4) is 0 Å². The van der Waals surface area contributed by atoms with E-state index in [1.165, 1.54) is 5.56 Å². The van der Waals surface area contributed by atoms with Crippen LogP contribution < -0.4 is 11.0 Å². The summed E-state index contributed by atoms with van der Waals surface area (Å²) in [6.07, 6.45) is 6.02. The van der Waals surface area contributed by atoms with Crippen molar-refractivity contribution < 1.29 is 4.74 Å². The lowest BCUT2D eigenvalue weighted by Gasteiger charge is -2.12. The Morgan fingerprint density at radius 1 is 1.13 bits per heavy atom. The number of nitrogens with one attached hydrogen (secondary N) is 1. The van der Waals surface area contributed by atoms with Gasteiger partial charge < -0.3 is 4.74 Å². The molecule has 2 heterocycles. The van der Waals surface area contributed by atoms with Gasteiger partial charge in [0.2, 0.25) is 5.95 Å². The Morgan fingerprint density at radius 2 is 1.94 bits per heavy atom. The molecule has 2 aromatic heterocycles. The summed E-state index contributed by atoms with van der Waals surface area (Å²) < 4.78 is 8.57. The Labute approximate surface area is 179 Å². The van der Waals surface area contributed by atoms with Crippen LogP contribution in [-0.2, 0) is 17.8 Å².